The van der Waals surface area contributed by atoms with Crippen LogP contribution in [0.25, 0.3) is 0 Å². The lowest BCUT2D eigenvalue weighted by atomic mass is 9.97. The van der Waals surface area contributed by atoms with E-state index in [0.29, 0.717) is 29.7 Å². The van der Waals surface area contributed by atoms with Crippen molar-refractivity contribution in [3.63, 3.8) is 0 Å². The maximum Gasteiger partial charge on any atom is 0.335 e. The number of amides is 1. The fraction of sp³-hybridized carbons (Fsp3) is 0.296. The predicted octanol–water partition coefficient (Wildman–Crippen LogP) is 3.43. The van der Waals surface area contributed by atoms with Crippen molar-refractivity contribution in [2.75, 3.05) is 6.54 Å². The first-order chi connectivity index (χ1) is 17.6. The molecule has 0 aliphatic heterocycles. The van der Waals surface area contributed by atoms with Crippen molar-refractivity contribution in [2.24, 2.45) is 0 Å². The van der Waals surface area contributed by atoms with E-state index in [1.165, 1.54) is 18.5 Å². The molecule has 9 nitrogen and oxygen atoms in total. The molecule has 1 amide bonds. The number of carboxylic acids is 2. The van der Waals surface area contributed by atoms with E-state index < -0.39 is 17.8 Å². The second-order valence-electron chi connectivity index (χ2n) is 9.13. The zero-order valence-corrected chi connectivity index (χ0v) is 20.5. The standard InChI is InChI=1S/C27H27FN4O5/c1-15-9-17(3-7-22(15)28)11-29-26(35)23-10-18(30-14-31-23)12-32(13-25(33)34)24-8-6-19-16(2)20(27(36)37)4-5-21(19)24/h3-5,7,9-10,14,24H,6,8,11-13H2,1-2H3,(H,29,35)(H,33,34)(H,36,37)/t24-/m1/s1. The van der Waals surface area contributed by atoms with Gasteiger partial charge in [-0.1, -0.05) is 18.2 Å². The quantitative estimate of drug-likeness (QED) is 0.402. The Morgan fingerprint density at radius 3 is 2.59 bits per heavy atom. The van der Waals surface area contributed by atoms with Gasteiger partial charge in [0.15, 0.2) is 0 Å². The highest BCUT2D eigenvalue weighted by molar-refractivity contribution is 5.92. The molecule has 4 rings (SSSR count). The lowest BCUT2D eigenvalue weighted by Gasteiger charge is -2.28. The number of carbonyl (C=O) groups is 3. The number of nitrogens with zero attached hydrogens (tertiary/aromatic N) is 3. The van der Waals surface area contributed by atoms with E-state index in [1.54, 1.807) is 43.0 Å². The highest BCUT2D eigenvalue weighted by Crippen LogP contribution is 2.39. The number of aromatic carboxylic acids is 1. The predicted molar refractivity (Wildman–Crippen MR) is 132 cm³/mol. The molecule has 37 heavy (non-hydrogen) atoms. The molecule has 1 heterocycles. The number of carbonyl (C=O) groups excluding carboxylic acids is 1. The van der Waals surface area contributed by atoms with Gasteiger partial charge in [-0.2, -0.15) is 0 Å². The third-order valence-corrected chi connectivity index (χ3v) is 6.67. The molecule has 0 spiro atoms. The molecular formula is C27H27FN4O5. The van der Waals surface area contributed by atoms with Gasteiger partial charge in [0.25, 0.3) is 5.91 Å². The number of benzene rings is 2. The summed E-state index contributed by atoms with van der Waals surface area (Å²) >= 11 is 0. The number of nitrogens with one attached hydrogen (secondary N) is 1. The minimum Gasteiger partial charge on any atom is -0.480 e. The van der Waals surface area contributed by atoms with Gasteiger partial charge >= 0.3 is 11.9 Å². The molecule has 1 aromatic heterocycles. The topological polar surface area (TPSA) is 133 Å². The number of hydrogen-bond acceptors (Lipinski definition) is 6. The summed E-state index contributed by atoms with van der Waals surface area (Å²) in [7, 11) is 0. The van der Waals surface area contributed by atoms with Gasteiger partial charge in [-0.05, 0) is 72.7 Å². The van der Waals surface area contributed by atoms with Crippen LogP contribution in [0.5, 0.6) is 0 Å². The zero-order chi connectivity index (χ0) is 26.7. The second-order valence-corrected chi connectivity index (χ2v) is 9.13. The first-order valence-corrected chi connectivity index (χ1v) is 11.8. The molecule has 0 unspecified atom stereocenters. The molecule has 3 aromatic rings. The molecule has 1 aliphatic carbocycles. The van der Waals surface area contributed by atoms with Crippen molar-refractivity contribution in [3.8, 4) is 0 Å². The molecular weight excluding hydrogens is 479 g/mol. The van der Waals surface area contributed by atoms with Crippen LogP contribution in [0.1, 0.15) is 66.8 Å². The van der Waals surface area contributed by atoms with Crippen LogP contribution < -0.4 is 5.32 Å². The van der Waals surface area contributed by atoms with Crippen LogP contribution >= 0.6 is 0 Å². The molecule has 3 N–H and O–H groups in total. The number of aromatic nitrogens is 2. The lowest BCUT2D eigenvalue weighted by molar-refractivity contribution is -0.139. The summed E-state index contributed by atoms with van der Waals surface area (Å²) in [6.07, 6.45) is 2.54. The van der Waals surface area contributed by atoms with Crippen molar-refractivity contribution < 1.29 is 29.0 Å². The maximum absolute atomic E-state index is 13.5. The van der Waals surface area contributed by atoms with Crippen LogP contribution in [-0.2, 0) is 24.3 Å². The van der Waals surface area contributed by atoms with Crippen molar-refractivity contribution in [1.82, 2.24) is 20.2 Å². The second kappa shape index (κ2) is 10.8. The first kappa shape index (κ1) is 25.9. The summed E-state index contributed by atoms with van der Waals surface area (Å²) in [6, 6.07) is 9.21. The summed E-state index contributed by atoms with van der Waals surface area (Å²) in [6.45, 7) is 3.53. The van der Waals surface area contributed by atoms with Crippen LogP contribution in [-0.4, -0.2) is 49.5 Å². The van der Waals surface area contributed by atoms with E-state index in [2.05, 4.69) is 15.3 Å². The van der Waals surface area contributed by atoms with Crippen molar-refractivity contribution >= 4 is 17.8 Å². The van der Waals surface area contributed by atoms with E-state index in [1.807, 2.05) is 0 Å². The van der Waals surface area contributed by atoms with E-state index in [-0.39, 0.29) is 42.8 Å². The minimum absolute atomic E-state index is 0.132. The largest absolute Gasteiger partial charge is 0.480 e. The summed E-state index contributed by atoms with van der Waals surface area (Å²) in [4.78, 5) is 46.0. The van der Waals surface area contributed by atoms with Crippen molar-refractivity contribution in [1.29, 1.82) is 0 Å². The van der Waals surface area contributed by atoms with Gasteiger partial charge in [0, 0.05) is 19.1 Å². The molecule has 10 heteroatoms. The Morgan fingerprint density at radius 1 is 1.11 bits per heavy atom. The average Bonchev–Trinajstić information content (AvgIpc) is 3.29. The monoisotopic (exact) mass is 506 g/mol. The Morgan fingerprint density at radius 2 is 1.89 bits per heavy atom. The van der Waals surface area contributed by atoms with E-state index in [0.717, 1.165) is 16.7 Å². The molecule has 1 aliphatic rings. The maximum atomic E-state index is 13.5. The summed E-state index contributed by atoms with van der Waals surface area (Å²) in [5.74, 6) is -2.75. The summed E-state index contributed by atoms with van der Waals surface area (Å²) in [5, 5.41) is 21.7. The third-order valence-electron chi connectivity index (χ3n) is 6.67. The number of fused-ring (bicyclic) bond motifs is 1. The van der Waals surface area contributed by atoms with E-state index >= 15 is 0 Å². The van der Waals surface area contributed by atoms with Gasteiger partial charge in [0.2, 0.25) is 0 Å². The highest BCUT2D eigenvalue weighted by atomic mass is 19.1. The summed E-state index contributed by atoms with van der Waals surface area (Å²) in [5.41, 5.74) is 4.61. The van der Waals surface area contributed by atoms with Gasteiger partial charge in [-0.15, -0.1) is 0 Å². The Hall–Kier alpha value is -4.18. The fourth-order valence-electron chi connectivity index (χ4n) is 4.83. The van der Waals surface area contributed by atoms with E-state index in [9.17, 15) is 29.0 Å². The first-order valence-electron chi connectivity index (χ1n) is 11.8. The van der Waals surface area contributed by atoms with Gasteiger partial charge in [0.05, 0.1) is 17.8 Å². The molecule has 0 saturated heterocycles. The third kappa shape index (κ3) is 5.80. The van der Waals surface area contributed by atoms with E-state index in [4.69, 9.17) is 0 Å². The Labute approximate surface area is 213 Å². The van der Waals surface area contributed by atoms with Crippen LogP contribution in [0.4, 0.5) is 4.39 Å². The van der Waals surface area contributed by atoms with Gasteiger partial charge in [-0.25, -0.2) is 19.2 Å². The summed E-state index contributed by atoms with van der Waals surface area (Å²) < 4.78 is 13.5. The Kier molecular flexibility index (Phi) is 7.58. The number of rotatable bonds is 9. The molecule has 0 radical (unpaired) electrons. The van der Waals surface area contributed by atoms with Crippen LogP contribution in [0.3, 0.4) is 0 Å². The minimum atomic E-state index is -1.01. The van der Waals surface area contributed by atoms with Crippen LogP contribution in [0, 0.1) is 19.7 Å². The molecule has 0 fully saturated rings. The SMILES string of the molecule is Cc1cc(CNC(=O)c2cc(CN(CC(=O)O)[C@@H]3CCc4c3ccc(C(=O)O)c4C)ncn2)ccc1F. The number of hydrogen-bond donors (Lipinski definition) is 3. The molecule has 2 aromatic carbocycles. The molecule has 1 atom stereocenters. The Balaban J connectivity index is 1.51. The molecule has 0 bridgehead atoms. The van der Waals surface area contributed by atoms with Gasteiger partial charge in [0.1, 0.15) is 17.8 Å². The smallest absolute Gasteiger partial charge is 0.335 e. The molecule has 192 valence electrons. The van der Waals surface area contributed by atoms with Crippen LogP contribution in [0.2, 0.25) is 0 Å². The fourth-order valence-corrected chi connectivity index (χ4v) is 4.83. The molecule has 0 saturated carbocycles. The highest BCUT2D eigenvalue weighted by Gasteiger charge is 2.32. The lowest BCUT2D eigenvalue weighted by Crippen LogP contribution is -2.33. The number of aliphatic carboxylic acids is 1. The zero-order valence-electron chi connectivity index (χ0n) is 20.5. The van der Waals surface area contributed by atoms with Crippen molar-refractivity contribution in [3.05, 3.63) is 93.3 Å². The van der Waals surface area contributed by atoms with Crippen molar-refractivity contribution in [2.45, 2.75) is 45.8 Å². The van der Waals surface area contributed by atoms with Crippen LogP contribution in [0.15, 0.2) is 42.7 Å². The van der Waals surface area contributed by atoms with Gasteiger partial charge < -0.3 is 15.5 Å². The van der Waals surface area contributed by atoms with Gasteiger partial charge in [-0.3, -0.25) is 14.5 Å². The normalized spacial score (nSPS) is 14.4. The number of halogens is 1. The number of aryl methyl sites for hydroxylation is 1. The average molecular weight is 507 g/mol. The number of carboxylic acid groups (broad SMARTS) is 2. The Bertz CT molecular complexity index is 1380.